The fourth-order valence-corrected chi connectivity index (χ4v) is 4.97. The molecule has 0 spiro atoms. The van der Waals surface area contributed by atoms with Gasteiger partial charge in [0.05, 0.1) is 40.5 Å². The zero-order valence-electron chi connectivity index (χ0n) is 27.3. The smallest absolute Gasteiger partial charge is 0.306 e. The van der Waals surface area contributed by atoms with Crippen molar-refractivity contribution in [3.05, 3.63) is 58.3 Å². The molecule has 0 atom stereocenters. The van der Waals surface area contributed by atoms with Crippen molar-refractivity contribution in [1.29, 1.82) is 0 Å². The maximum absolute atomic E-state index is 15.6. The first-order chi connectivity index (χ1) is 22.0. The zero-order chi connectivity index (χ0) is 33.8. The summed E-state index contributed by atoms with van der Waals surface area (Å²) in [6, 6.07) is 3.33. The molecule has 3 rings (SSSR count). The zero-order valence-corrected chi connectivity index (χ0v) is 27.3. The number of carbonyl (C=O) groups is 3. The highest BCUT2D eigenvalue weighted by molar-refractivity contribution is 5.82. The van der Waals surface area contributed by atoms with E-state index < -0.39 is 17.6 Å². The summed E-state index contributed by atoms with van der Waals surface area (Å²) < 4.78 is 58.3. The Morgan fingerprint density at radius 2 is 1.57 bits per heavy atom. The summed E-state index contributed by atoms with van der Waals surface area (Å²) in [4.78, 5) is 37.3. The maximum Gasteiger partial charge on any atom is 0.306 e. The van der Waals surface area contributed by atoms with Gasteiger partial charge in [-0.15, -0.1) is 0 Å². The van der Waals surface area contributed by atoms with E-state index in [0.29, 0.717) is 47.2 Å². The normalized spacial score (nSPS) is 11.9. The number of ether oxygens (including phenoxy) is 5. The van der Waals surface area contributed by atoms with Crippen LogP contribution in [0.3, 0.4) is 0 Å². The molecule has 0 aliphatic carbocycles. The quantitative estimate of drug-likeness (QED) is 0.152. The number of rotatable bonds is 19. The predicted octanol–water partition coefficient (Wildman–Crippen LogP) is 5.69. The van der Waals surface area contributed by atoms with Crippen LogP contribution in [0.25, 0.3) is 0 Å². The molecule has 252 valence electrons. The van der Waals surface area contributed by atoms with Crippen LogP contribution in [0, 0.1) is 18.6 Å². The Hall–Kier alpha value is -4.35. The molecule has 12 heteroatoms. The molecular formula is C34H44F2N2O8. The van der Waals surface area contributed by atoms with Crippen molar-refractivity contribution in [3.63, 3.8) is 0 Å². The van der Waals surface area contributed by atoms with Crippen LogP contribution < -0.4 is 24.3 Å². The summed E-state index contributed by atoms with van der Waals surface area (Å²) in [7, 11) is 2.82. The van der Waals surface area contributed by atoms with Crippen LogP contribution in [-0.2, 0) is 38.8 Å². The minimum Gasteiger partial charge on any atom is -0.493 e. The van der Waals surface area contributed by atoms with Crippen molar-refractivity contribution in [1.82, 2.24) is 10.2 Å². The molecule has 0 aromatic heterocycles. The Morgan fingerprint density at radius 3 is 2.20 bits per heavy atom. The fraction of sp³-hybridized carbons (Fsp3) is 0.500. The first-order valence-corrected chi connectivity index (χ1v) is 15.4. The van der Waals surface area contributed by atoms with E-state index in [1.807, 2.05) is 6.92 Å². The highest BCUT2D eigenvalue weighted by Crippen LogP contribution is 2.39. The highest BCUT2D eigenvalue weighted by Gasteiger charge is 2.30. The second-order valence-electron chi connectivity index (χ2n) is 10.8. The first-order valence-electron chi connectivity index (χ1n) is 15.4. The Labute approximate surface area is 269 Å². The number of aryl methyl sites for hydroxylation is 1. The summed E-state index contributed by atoms with van der Waals surface area (Å²) in [5.41, 5.74) is 2.60. The van der Waals surface area contributed by atoms with Crippen LogP contribution in [0.1, 0.15) is 74.6 Å². The van der Waals surface area contributed by atoms with Crippen molar-refractivity contribution in [2.45, 2.75) is 78.9 Å². The number of hydrogen-bond acceptors (Lipinski definition) is 9. The minimum absolute atomic E-state index is 0.0319. The Bertz CT molecular complexity index is 1430. The lowest BCUT2D eigenvalue weighted by molar-refractivity contribution is -0.145. The van der Waals surface area contributed by atoms with Gasteiger partial charge in [-0.25, -0.2) is 8.78 Å². The van der Waals surface area contributed by atoms with Gasteiger partial charge in [0.15, 0.2) is 34.6 Å². The monoisotopic (exact) mass is 646 g/mol. The van der Waals surface area contributed by atoms with Crippen molar-refractivity contribution in [2.75, 3.05) is 34.0 Å². The lowest BCUT2D eigenvalue weighted by Gasteiger charge is -2.18. The SMILES string of the molecule is C=C(CCC(=O)CC)NCc1c(C)cc(OC)c(OCCCOc2c(OC)cc3c(c2F)CN(C(=O)CCC(=O)OCC)C3)c1F. The molecule has 1 heterocycles. The molecular weight excluding hydrogens is 602 g/mol. The van der Waals surface area contributed by atoms with Gasteiger partial charge in [-0.1, -0.05) is 13.5 Å². The molecule has 0 fully saturated rings. The Balaban J connectivity index is 1.59. The summed E-state index contributed by atoms with van der Waals surface area (Å²) in [6.45, 7) is 9.90. The van der Waals surface area contributed by atoms with E-state index >= 15 is 8.78 Å². The minimum atomic E-state index is -0.625. The predicted molar refractivity (Wildman–Crippen MR) is 167 cm³/mol. The van der Waals surface area contributed by atoms with Crippen LogP contribution >= 0.6 is 0 Å². The van der Waals surface area contributed by atoms with Crippen molar-refractivity contribution >= 4 is 17.7 Å². The van der Waals surface area contributed by atoms with Gasteiger partial charge in [0, 0.05) is 62.1 Å². The van der Waals surface area contributed by atoms with Gasteiger partial charge in [-0.3, -0.25) is 14.4 Å². The highest BCUT2D eigenvalue weighted by atomic mass is 19.1. The van der Waals surface area contributed by atoms with Crippen LogP contribution in [0.2, 0.25) is 0 Å². The molecule has 1 aliphatic heterocycles. The average molecular weight is 647 g/mol. The second kappa shape index (κ2) is 17.4. The number of hydrogen-bond donors (Lipinski definition) is 1. The van der Waals surface area contributed by atoms with Gasteiger partial charge in [0.1, 0.15) is 5.78 Å². The van der Waals surface area contributed by atoms with E-state index in [2.05, 4.69) is 11.9 Å². The number of methoxy groups -OCH3 is 2. The number of ketones is 1. The number of carbonyl (C=O) groups excluding carboxylic acids is 3. The molecule has 2 aromatic rings. The van der Waals surface area contributed by atoms with Crippen LogP contribution in [0.4, 0.5) is 8.78 Å². The Morgan fingerprint density at radius 1 is 0.913 bits per heavy atom. The molecule has 0 saturated heterocycles. The topological polar surface area (TPSA) is 113 Å². The number of Topliss-reactive ketones (excluding diaryl/α,β-unsaturated/α-hetero) is 1. The fourth-order valence-electron chi connectivity index (χ4n) is 4.97. The van der Waals surface area contributed by atoms with Crippen molar-refractivity contribution in [3.8, 4) is 23.0 Å². The lowest BCUT2D eigenvalue weighted by Crippen LogP contribution is -2.26. The van der Waals surface area contributed by atoms with E-state index in [0.717, 1.165) is 0 Å². The summed E-state index contributed by atoms with van der Waals surface area (Å²) >= 11 is 0. The number of amides is 1. The number of nitrogens with zero attached hydrogens (tertiary/aromatic N) is 1. The molecule has 0 unspecified atom stereocenters. The van der Waals surface area contributed by atoms with Gasteiger partial charge in [-0.05, 0) is 43.5 Å². The van der Waals surface area contributed by atoms with E-state index in [-0.39, 0.29) is 93.4 Å². The van der Waals surface area contributed by atoms with Crippen LogP contribution in [0.15, 0.2) is 24.4 Å². The first kappa shape index (κ1) is 36.1. The van der Waals surface area contributed by atoms with Gasteiger partial charge in [0.25, 0.3) is 0 Å². The molecule has 2 aromatic carbocycles. The third kappa shape index (κ3) is 9.34. The maximum atomic E-state index is 15.6. The standard InChI is InChI=1S/C34H44F2N2O8/c1-7-24(39)11-10-22(4)37-18-25-21(3)16-27(42-5)33(31(25)35)45-14-9-15-46-34-28(43-6)17-23-19-38(20-26(23)32(34)36)29(40)12-13-30(41)44-8-2/h16-17,37H,4,7-15,18-20H2,1-3,5-6H3. The third-order valence-corrected chi connectivity index (χ3v) is 7.64. The molecule has 1 amide bonds. The van der Waals surface area contributed by atoms with Gasteiger partial charge >= 0.3 is 5.97 Å². The molecule has 0 bridgehead atoms. The molecule has 1 aliphatic rings. The number of benzene rings is 2. The third-order valence-electron chi connectivity index (χ3n) is 7.64. The average Bonchev–Trinajstić information content (AvgIpc) is 3.48. The Kier molecular flexibility index (Phi) is 13.6. The van der Waals surface area contributed by atoms with Gasteiger partial charge < -0.3 is 33.9 Å². The van der Waals surface area contributed by atoms with E-state index in [1.54, 1.807) is 26.0 Å². The van der Waals surface area contributed by atoms with E-state index in [1.165, 1.54) is 19.1 Å². The molecule has 10 nitrogen and oxygen atoms in total. The summed E-state index contributed by atoms with van der Waals surface area (Å²) in [6.07, 6.45) is 1.51. The van der Waals surface area contributed by atoms with Crippen molar-refractivity contribution in [2.24, 2.45) is 0 Å². The molecule has 0 saturated carbocycles. The number of esters is 1. The molecule has 46 heavy (non-hydrogen) atoms. The summed E-state index contributed by atoms with van der Waals surface area (Å²) in [5.74, 6) is -1.53. The van der Waals surface area contributed by atoms with Crippen LogP contribution in [0.5, 0.6) is 23.0 Å². The number of fused-ring (bicyclic) bond motifs is 1. The molecule has 1 N–H and O–H groups in total. The number of halogens is 2. The number of nitrogens with one attached hydrogen (secondary N) is 1. The van der Waals surface area contributed by atoms with Gasteiger partial charge in [-0.2, -0.15) is 0 Å². The van der Waals surface area contributed by atoms with Gasteiger partial charge in [0.2, 0.25) is 5.91 Å². The second-order valence-corrected chi connectivity index (χ2v) is 10.8. The largest absolute Gasteiger partial charge is 0.493 e. The van der Waals surface area contributed by atoms with Crippen molar-refractivity contribution < 1.29 is 46.8 Å². The van der Waals surface area contributed by atoms with Crippen LogP contribution in [-0.4, -0.2) is 56.6 Å². The van der Waals surface area contributed by atoms with E-state index in [9.17, 15) is 14.4 Å². The summed E-state index contributed by atoms with van der Waals surface area (Å²) in [5, 5.41) is 3.09. The lowest BCUT2D eigenvalue weighted by atomic mass is 10.1. The number of allylic oxidation sites excluding steroid dienone is 1. The molecule has 0 radical (unpaired) electrons. The van der Waals surface area contributed by atoms with E-state index in [4.69, 9.17) is 23.7 Å².